The van der Waals surface area contributed by atoms with Crippen LogP contribution in [0.3, 0.4) is 0 Å². The van der Waals surface area contributed by atoms with Crippen molar-refractivity contribution >= 4 is 40.4 Å². The first kappa shape index (κ1) is 20.1. The van der Waals surface area contributed by atoms with Gasteiger partial charge in [0, 0.05) is 23.8 Å². The monoisotopic (exact) mass is 423 g/mol. The van der Waals surface area contributed by atoms with Gasteiger partial charge >= 0.3 is 0 Å². The van der Waals surface area contributed by atoms with Crippen LogP contribution in [0.1, 0.15) is 22.4 Å². The molecule has 3 heterocycles. The Labute approximate surface area is 179 Å². The molecule has 4 rings (SSSR count). The molecule has 0 saturated heterocycles. The van der Waals surface area contributed by atoms with Crippen LogP contribution in [0.25, 0.3) is 10.9 Å². The summed E-state index contributed by atoms with van der Waals surface area (Å²) in [5.74, 6) is 0.00705. The summed E-state index contributed by atoms with van der Waals surface area (Å²) < 4.78 is 0. The lowest BCUT2D eigenvalue weighted by atomic mass is 10.1. The van der Waals surface area contributed by atoms with Crippen LogP contribution < -0.4 is 11.5 Å². The van der Waals surface area contributed by atoms with Crippen molar-refractivity contribution in [2.45, 2.75) is 33.0 Å². The topological polar surface area (TPSA) is 114 Å². The number of fused-ring (bicyclic) bond motifs is 1. The van der Waals surface area contributed by atoms with E-state index < -0.39 is 11.9 Å². The maximum Gasteiger partial charge on any atom is 0.242 e. The summed E-state index contributed by atoms with van der Waals surface area (Å²) in [5.41, 5.74) is 16.1. The van der Waals surface area contributed by atoms with Crippen LogP contribution in [0.2, 0.25) is 5.02 Å². The zero-order valence-electron chi connectivity index (χ0n) is 16.7. The number of pyridine rings is 2. The smallest absolute Gasteiger partial charge is 0.242 e. The van der Waals surface area contributed by atoms with Crippen molar-refractivity contribution in [3.63, 3.8) is 0 Å². The zero-order chi connectivity index (χ0) is 21.4. The van der Waals surface area contributed by atoms with Crippen LogP contribution in [0.4, 0.5) is 5.82 Å². The number of hydrogen-bond donors (Lipinski definition) is 2. The van der Waals surface area contributed by atoms with E-state index in [1.165, 1.54) is 0 Å². The minimum absolute atomic E-state index is 0.430. The van der Waals surface area contributed by atoms with Gasteiger partial charge in [-0.1, -0.05) is 17.7 Å². The van der Waals surface area contributed by atoms with Gasteiger partial charge in [0.2, 0.25) is 5.91 Å². The number of aryl methyl sites for hydroxylation is 2. The first-order valence-electron chi connectivity index (χ1n) is 9.46. The number of aromatic nitrogens is 2. The summed E-state index contributed by atoms with van der Waals surface area (Å²) >= 11 is 6.08. The molecule has 0 spiro atoms. The van der Waals surface area contributed by atoms with Crippen molar-refractivity contribution < 1.29 is 4.79 Å². The molecule has 1 aliphatic rings. The summed E-state index contributed by atoms with van der Waals surface area (Å²) in [5, 5.41) is 9.55. The Morgan fingerprint density at radius 2 is 2.00 bits per heavy atom. The van der Waals surface area contributed by atoms with Crippen LogP contribution in [0.15, 0.2) is 41.6 Å². The van der Waals surface area contributed by atoms with Gasteiger partial charge in [-0.2, -0.15) is 10.1 Å². The van der Waals surface area contributed by atoms with Crippen molar-refractivity contribution in [2.75, 3.05) is 5.73 Å². The standard InChI is InChI=1S/C21H22ClN7O/c1-12-5-20(23)27-13(2)17(12)11-28-19(21(24)30)9-26-29(28)10-14-3-4-18-15(6-14)7-16(22)8-25-18/h3-9,19H,10-11H2,1-2H3,(H2,23,27)(H2,24,30). The molecule has 9 heteroatoms. The van der Waals surface area contributed by atoms with Gasteiger partial charge in [-0.25, -0.2) is 10.1 Å². The van der Waals surface area contributed by atoms with Gasteiger partial charge in [-0.3, -0.25) is 9.78 Å². The second-order valence-corrected chi connectivity index (χ2v) is 7.78. The SMILES string of the molecule is Cc1cc(N)nc(C)c1CN1C(C(N)=O)C=NN1Cc1ccc2ncc(Cl)cc2c1. The van der Waals surface area contributed by atoms with Gasteiger partial charge in [0.15, 0.2) is 0 Å². The summed E-state index contributed by atoms with van der Waals surface area (Å²) in [6, 6.07) is 8.99. The van der Waals surface area contributed by atoms with Gasteiger partial charge in [0.05, 0.1) is 23.3 Å². The Morgan fingerprint density at radius 3 is 2.73 bits per heavy atom. The second-order valence-electron chi connectivity index (χ2n) is 7.35. The van der Waals surface area contributed by atoms with Crippen molar-refractivity contribution in [1.82, 2.24) is 20.1 Å². The summed E-state index contributed by atoms with van der Waals surface area (Å²) in [6.07, 6.45) is 3.19. The largest absolute Gasteiger partial charge is 0.384 e. The van der Waals surface area contributed by atoms with Crippen molar-refractivity contribution in [3.05, 3.63) is 63.9 Å². The third-order valence-electron chi connectivity index (χ3n) is 5.18. The lowest BCUT2D eigenvalue weighted by Crippen LogP contribution is -2.47. The van der Waals surface area contributed by atoms with E-state index >= 15 is 0 Å². The molecule has 0 saturated carbocycles. The number of hydrazone groups is 1. The van der Waals surface area contributed by atoms with Crippen LogP contribution in [0.5, 0.6) is 0 Å². The van der Waals surface area contributed by atoms with Crippen molar-refractivity contribution in [1.29, 1.82) is 0 Å². The fourth-order valence-electron chi connectivity index (χ4n) is 3.66. The number of nitrogens with zero attached hydrogens (tertiary/aromatic N) is 5. The molecule has 1 amide bonds. The second kappa shape index (κ2) is 7.89. The summed E-state index contributed by atoms with van der Waals surface area (Å²) in [7, 11) is 0. The quantitative estimate of drug-likeness (QED) is 0.651. The molecule has 4 N–H and O–H groups in total. The molecule has 1 aromatic carbocycles. The van der Waals surface area contributed by atoms with E-state index in [-0.39, 0.29) is 0 Å². The first-order chi connectivity index (χ1) is 14.3. The lowest BCUT2D eigenvalue weighted by molar-refractivity contribution is -0.127. The predicted octanol–water partition coefficient (Wildman–Crippen LogP) is 2.55. The van der Waals surface area contributed by atoms with E-state index in [0.29, 0.717) is 23.9 Å². The van der Waals surface area contributed by atoms with Gasteiger partial charge in [-0.15, -0.1) is 0 Å². The average molecular weight is 424 g/mol. The van der Waals surface area contributed by atoms with Gasteiger partial charge < -0.3 is 11.5 Å². The molecule has 154 valence electrons. The normalized spacial score (nSPS) is 16.5. The zero-order valence-corrected chi connectivity index (χ0v) is 17.5. The number of primary amides is 1. The first-order valence-corrected chi connectivity index (χ1v) is 9.84. The molecule has 3 aromatic rings. The minimum Gasteiger partial charge on any atom is -0.384 e. The van der Waals surface area contributed by atoms with Gasteiger partial charge in [0.25, 0.3) is 0 Å². The molecule has 2 aromatic heterocycles. The molecule has 0 bridgehead atoms. The Kier molecular flexibility index (Phi) is 5.27. The van der Waals surface area contributed by atoms with Crippen LogP contribution >= 0.6 is 11.6 Å². The Bertz CT molecular complexity index is 1140. The van der Waals surface area contributed by atoms with Crippen LogP contribution in [0, 0.1) is 13.8 Å². The Balaban J connectivity index is 1.63. The summed E-state index contributed by atoms with van der Waals surface area (Å²) in [6.45, 7) is 4.77. The Hall–Kier alpha value is -3.23. The average Bonchev–Trinajstić information content (AvgIpc) is 3.06. The molecular weight excluding hydrogens is 402 g/mol. The fraction of sp³-hybridized carbons (Fsp3) is 0.238. The number of hydrogen-bond acceptors (Lipinski definition) is 7. The van der Waals surface area contributed by atoms with Gasteiger partial charge in [-0.05, 0) is 54.8 Å². The highest BCUT2D eigenvalue weighted by Crippen LogP contribution is 2.25. The number of nitrogens with two attached hydrogens (primary N) is 2. The number of carbonyl (C=O) groups excluding carboxylic acids is 1. The number of hydrazine groups is 1. The number of anilines is 1. The lowest BCUT2D eigenvalue weighted by Gasteiger charge is -2.31. The molecule has 1 aliphatic heterocycles. The molecular formula is C21H22ClN7O. The van der Waals surface area contributed by atoms with E-state index in [1.807, 2.05) is 49.2 Å². The number of benzene rings is 1. The van der Waals surface area contributed by atoms with E-state index in [4.69, 9.17) is 23.1 Å². The molecule has 8 nitrogen and oxygen atoms in total. The number of amides is 1. The Morgan fingerprint density at radius 1 is 1.20 bits per heavy atom. The third-order valence-corrected chi connectivity index (χ3v) is 5.39. The highest BCUT2D eigenvalue weighted by Gasteiger charge is 2.33. The number of halogens is 1. The van der Waals surface area contributed by atoms with E-state index in [0.717, 1.165) is 33.3 Å². The van der Waals surface area contributed by atoms with E-state index in [9.17, 15) is 4.79 Å². The minimum atomic E-state index is -0.641. The maximum atomic E-state index is 12.0. The number of rotatable bonds is 5. The van der Waals surface area contributed by atoms with Crippen LogP contribution in [-0.4, -0.2) is 38.3 Å². The van der Waals surface area contributed by atoms with E-state index in [1.54, 1.807) is 17.5 Å². The molecule has 1 atom stereocenters. The third kappa shape index (κ3) is 3.92. The maximum absolute atomic E-state index is 12.0. The van der Waals surface area contributed by atoms with E-state index in [2.05, 4.69) is 15.1 Å². The molecule has 1 unspecified atom stereocenters. The van der Waals surface area contributed by atoms with Crippen LogP contribution in [-0.2, 0) is 17.9 Å². The number of nitrogen functional groups attached to an aromatic ring is 1. The molecule has 0 aliphatic carbocycles. The van der Waals surface area contributed by atoms with Crippen molar-refractivity contribution in [3.8, 4) is 0 Å². The highest BCUT2D eigenvalue weighted by molar-refractivity contribution is 6.31. The fourth-order valence-corrected chi connectivity index (χ4v) is 3.83. The summed E-state index contributed by atoms with van der Waals surface area (Å²) in [4.78, 5) is 20.7. The van der Waals surface area contributed by atoms with Gasteiger partial charge in [0.1, 0.15) is 11.9 Å². The molecule has 0 radical (unpaired) electrons. The predicted molar refractivity (Wildman–Crippen MR) is 117 cm³/mol. The molecule has 30 heavy (non-hydrogen) atoms. The highest BCUT2D eigenvalue weighted by atomic mass is 35.5. The van der Waals surface area contributed by atoms with Crippen molar-refractivity contribution in [2.24, 2.45) is 10.8 Å². The number of carbonyl (C=O) groups is 1. The molecule has 0 fully saturated rings.